The number of nitrogens with zero attached hydrogens (tertiary/aromatic N) is 2. The zero-order valence-corrected chi connectivity index (χ0v) is 19.0. The van der Waals surface area contributed by atoms with Crippen molar-refractivity contribution in [2.24, 2.45) is 23.5 Å². The molecule has 1 heterocycles. The van der Waals surface area contributed by atoms with Crippen molar-refractivity contribution in [3.63, 3.8) is 0 Å². The van der Waals surface area contributed by atoms with Crippen LogP contribution >= 0.6 is 24.8 Å². The van der Waals surface area contributed by atoms with E-state index in [4.69, 9.17) is 5.73 Å². The molecule has 2 aliphatic carbocycles. The number of halogens is 2. The number of fused-ring (bicyclic) bond motifs is 2. The highest BCUT2D eigenvalue weighted by Crippen LogP contribution is 2.47. The molecule has 4 rings (SSSR count). The largest absolute Gasteiger partial charge is 0.368 e. The molecule has 3 aliphatic rings. The van der Waals surface area contributed by atoms with Gasteiger partial charge in [0, 0.05) is 50.9 Å². The van der Waals surface area contributed by atoms with E-state index in [-0.39, 0.29) is 48.6 Å². The number of nitrogens with two attached hydrogens (primary N) is 1. The van der Waals surface area contributed by atoms with E-state index in [1.165, 1.54) is 12.1 Å². The number of benzene rings is 1. The molecule has 30 heavy (non-hydrogen) atoms. The molecule has 0 aromatic heterocycles. The summed E-state index contributed by atoms with van der Waals surface area (Å²) in [6.45, 7) is 3.83. The summed E-state index contributed by atoms with van der Waals surface area (Å²) in [4.78, 5) is 29.2. The second-order valence-electron chi connectivity index (χ2n) is 8.53. The Hall–Kier alpha value is -1.50. The summed E-state index contributed by atoms with van der Waals surface area (Å²) in [6, 6.07) is 10.4. The number of hydrogen-bond donors (Lipinski definition) is 2. The molecule has 4 atom stereocenters. The van der Waals surface area contributed by atoms with Crippen LogP contribution in [0.4, 0.5) is 5.69 Å². The topological polar surface area (TPSA) is 78.7 Å². The van der Waals surface area contributed by atoms with Gasteiger partial charge in [-0.15, -0.1) is 24.8 Å². The number of anilines is 1. The van der Waals surface area contributed by atoms with E-state index in [1.807, 2.05) is 23.1 Å². The SMILES string of the molecule is Cl.Cl.NC1C2CCC(C2)C1C(=O)NCCCC(=O)N1CCN(c2ccccc2)CC1. The van der Waals surface area contributed by atoms with Gasteiger partial charge in [-0.1, -0.05) is 18.2 Å². The first-order valence-corrected chi connectivity index (χ1v) is 10.7. The molecule has 8 heteroatoms. The fraction of sp³-hybridized carbons (Fsp3) is 0.636. The molecule has 168 valence electrons. The van der Waals surface area contributed by atoms with Crippen molar-refractivity contribution >= 4 is 42.3 Å². The number of carbonyl (C=O) groups is 2. The molecular formula is C22H34Cl2N4O2. The number of carbonyl (C=O) groups excluding carboxylic acids is 2. The van der Waals surface area contributed by atoms with Crippen LogP contribution in [-0.4, -0.2) is 55.5 Å². The Morgan fingerprint density at radius 2 is 1.67 bits per heavy atom. The summed E-state index contributed by atoms with van der Waals surface area (Å²) in [5.41, 5.74) is 7.46. The van der Waals surface area contributed by atoms with Crippen LogP contribution in [0.3, 0.4) is 0 Å². The predicted molar refractivity (Wildman–Crippen MR) is 124 cm³/mol. The Kier molecular flexibility index (Phi) is 9.26. The number of piperazine rings is 1. The van der Waals surface area contributed by atoms with Gasteiger partial charge in [0.1, 0.15) is 0 Å². The average Bonchev–Trinajstić information content (AvgIpc) is 3.33. The molecule has 2 bridgehead atoms. The fourth-order valence-corrected chi connectivity index (χ4v) is 5.30. The Morgan fingerprint density at radius 3 is 2.30 bits per heavy atom. The van der Waals surface area contributed by atoms with Crippen LogP contribution in [-0.2, 0) is 9.59 Å². The molecule has 1 saturated heterocycles. The zero-order chi connectivity index (χ0) is 19.5. The van der Waals surface area contributed by atoms with Crippen molar-refractivity contribution in [3.8, 4) is 0 Å². The summed E-state index contributed by atoms with van der Waals surface area (Å²) in [7, 11) is 0. The summed E-state index contributed by atoms with van der Waals surface area (Å²) in [5.74, 6) is 1.29. The van der Waals surface area contributed by atoms with Crippen molar-refractivity contribution in [1.82, 2.24) is 10.2 Å². The average molecular weight is 457 g/mol. The first-order valence-electron chi connectivity index (χ1n) is 10.7. The predicted octanol–water partition coefficient (Wildman–Crippen LogP) is 2.45. The highest BCUT2D eigenvalue weighted by atomic mass is 35.5. The number of rotatable bonds is 6. The van der Waals surface area contributed by atoms with Gasteiger partial charge in [-0.25, -0.2) is 0 Å². The minimum atomic E-state index is -0.0134. The van der Waals surface area contributed by atoms with Crippen LogP contribution in [0.15, 0.2) is 30.3 Å². The molecule has 1 aromatic rings. The summed E-state index contributed by atoms with van der Waals surface area (Å²) in [6.07, 6.45) is 4.63. The molecule has 0 spiro atoms. The molecule has 3 N–H and O–H groups in total. The van der Waals surface area contributed by atoms with Gasteiger partial charge >= 0.3 is 0 Å². The maximum atomic E-state index is 12.5. The van der Waals surface area contributed by atoms with Crippen LogP contribution in [0.1, 0.15) is 32.1 Å². The van der Waals surface area contributed by atoms with Gasteiger partial charge in [-0.3, -0.25) is 9.59 Å². The number of hydrogen-bond acceptors (Lipinski definition) is 4. The van der Waals surface area contributed by atoms with Gasteiger partial charge < -0.3 is 20.9 Å². The Morgan fingerprint density at radius 1 is 1.00 bits per heavy atom. The van der Waals surface area contributed by atoms with Crippen molar-refractivity contribution in [2.75, 3.05) is 37.6 Å². The summed E-state index contributed by atoms with van der Waals surface area (Å²) in [5, 5.41) is 3.03. The van der Waals surface area contributed by atoms with E-state index in [0.717, 1.165) is 39.0 Å². The monoisotopic (exact) mass is 456 g/mol. The molecule has 0 radical (unpaired) electrons. The molecule has 3 fully saturated rings. The minimum Gasteiger partial charge on any atom is -0.368 e. The second kappa shape index (κ2) is 11.2. The molecule has 4 unspecified atom stereocenters. The first-order chi connectivity index (χ1) is 13.6. The van der Waals surface area contributed by atoms with Gasteiger partial charge in [-0.2, -0.15) is 0 Å². The molecule has 6 nitrogen and oxygen atoms in total. The lowest BCUT2D eigenvalue weighted by molar-refractivity contribution is -0.132. The van der Waals surface area contributed by atoms with Crippen molar-refractivity contribution in [1.29, 1.82) is 0 Å². The second-order valence-corrected chi connectivity index (χ2v) is 8.53. The van der Waals surface area contributed by atoms with Crippen LogP contribution in [0.25, 0.3) is 0 Å². The third kappa shape index (κ3) is 5.40. The van der Waals surface area contributed by atoms with Crippen LogP contribution in [0.2, 0.25) is 0 Å². The summed E-state index contributed by atoms with van der Waals surface area (Å²) >= 11 is 0. The maximum absolute atomic E-state index is 12.5. The van der Waals surface area contributed by atoms with Crippen molar-refractivity contribution < 1.29 is 9.59 Å². The third-order valence-corrected chi connectivity index (χ3v) is 6.90. The lowest BCUT2D eigenvalue weighted by Crippen LogP contribution is -2.49. The minimum absolute atomic E-state index is 0. The quantitative estimate of drug-likeness (QED) is 0.644. The summed E-state index contributed by atoms with van der Waals surface area (Å²) < 4.78 is 0. The normalized spacial score (nSPS) is 27.2. The van der Waals surface area contributed by atoms with Gasteiger partial charge in [0.05, 0.1) is 5.92 Å². The van der Waals surface area contributed by atoms with Gasteiger partial charge in [-0.05, 0) is 49.7 Å². The number of amides is 2. The molecule has 2 amide bonds. The van der Waals surface area contributed by atoms with E-state index in [9.17, 15) is 9.59 Å². The first kappa shape index (κ1) is 24.8. The Labute approximate surface area is 191 Å². The molecule has 2 saturated carbocycles. The van der Waals surface area contributed by atoms with Crippen molar-refractivity contribution in [3.05, 3.63) is 30.3 Å². The van der Waals surface area contributed by atoms with Crippen LogP contribution in [0, 0.1) is 17.8 Å². The van der Waals surface area contributed by atoms with Gasteiger partial charge in [0.25, 0.3) is 0 Å². The zero-order valence-electron chi connectivity index (χ0n) is 17.4. The number of para-hydroxylation sites is 1. The molecular weight excluding hydrogens is 423 g/mol. The fourth-order valence-electron chi connectivity index (χ4n) is 5.30. The molecule has 1 aromatic carbocycles. The highest BCUT2D eigenvalue weighted by molar-refractivity contribution is 5.85. The van der Waals surface area contributed by atoms with Crippen LogP contribution in [0.5, 0.6) is 0 Å². The highest BCUT2D eigenvalue weighted by Gasteiger charge is 2.48. The Balaban J connectivity index is 0.00000160. The van der Waals surface area contributed by atoms with E-state index in [2.05, 4.69) is 22.3 Å². The van der Waals surface area contributed by atoms with Crippen LogP contribution < -0.4 is 16.0 Å². The lowest BCUT2D eigenvalue weighted by Gasteiger charge is -2.36. The van der Waals surface area contributed by atoms with Crippen molar-refractivity contribution in [2.45, 2.75) is 38.1 Å². The van der Waals surface area contributed by atoms with Gasteiger partial charge in [0.15, 0.2) is 0 Å². The lowest BCUT2D eigenvalue weighted by atomic mass is 9.84. The smallest absolute Gasteiger partial charge is 0.224 e. The maximum Gasteiger partial charge on any atom is 0.224 e. The number of nitrogens with one attached hydrogen (secondary N) is 1. The van der Waals surface area contributed by atoms with Gasteiger partial charge in [0.2, 0.25) is 11.8 Å². The molecule has 1 aliphatic heterocycles. The van der Waals surface area contributed by atoms with E-state index < -0.39 is 0 Å². The third-order valence-electron chi connectivity index (χ3n) is 6.90. The van der Waals surface area contributed by atoms with E-state index in [0.29, 0.717) is 31.2 Å². The van der Waals surface area contributed by atoms with E-state index >= 15 is 0 Å². The Bertz CT molecular complexity index is 696. The standard InChI is InChI=1S/C22H32N4O2.2ClH/c23-21-17-9-8-16(15-17)20(21)22(28)24-10-4-7-19(27)26-13-11-25(12-14-26)18-5-2-1-3-6-18;;/h1-3,5-6,16-17,20-21H,4,7-15,23H2,(H,24,28);2*1H. The van der Waals surface area contributed by atoms with E-state index in [1.54, 1.807) is 0 Å².